The maximum atomic E-state index is 11.3. The predicted molar refractivity (Wildman–Crippen MR) is 99.4 cm³/mol. The molecule has 2 aromatic heterocycles. The van der Waals surface area contributed by atoms with Gasteiger partial charge in [-0.1, -0.05) is 53.7 Å². The highest BCUT2D eigenvalue weighted by molar-refractivity contribution is 6.19. The molecule has 5 heteroatoms. The van der Waals surface area contributed by atoms with Gasteiger partial charge < -0.3 is 9.25 Å². The van der Waals surface area contributed by atoms with Crippen LogP contribution in [0.25, 0.3) is 16.8 Å². The second-order valence-electron chi connectivity index (χ2n) is 5.77. The van der Waals surface area contributed by atoms with Crippen LogP contribution in [0.4, 0.5) is 0 Å². The van der Waals surface area contributed by atoms with E-state index in [0.717, 1.165) is 22.0 Å². The van der Waals surface area contributed by atoms with Gasteiger partial charge in [0.2, 0.25) is 5.88 Å². The van der Waals surface area contributed by atoms with E-state index in [1.165, 1.54) is 6.92 Å². The molecule has 2 heterocycles. The van der Waals surface area contributed by atoms with Crippen LogP contribution in [-0.2, 0) is 9.63 Å². The van der Waals surface area contributed by atoms with Crippen LogP contribution >= 0.6 is 0 Å². The summed E-state index contributed by atoms with van der Waals surface area (Å²) >= 11 is 0. The van der Waals surface area contributed by atoms with Gasteiger partial charge in [-0.2, -0.15) is 0 Å². The molecule has 0 spiro atoms. The van der Waals surface area contributed by atoms with Crippen molar-refractivity contribution in [2.45, 2.75) is 6.92 Å². The number of nitrogens with zero attached hydrogens (tertiary/aromatic N) is 2. The molecule has 5 nitrogen and oxygen atoms in total. The van der Waals surface area contributed by atoms with Crippen LogP contribution in [0.1, 0.15) is 18.1 Å². The van der Waals surface area contributed by atoms with Crippen molar-refractivity contribution in [3.63, 3.8) is 0 Å². The number of carbonyl (C=O) groups is 1. The number of furan rings is 1. The average molecular weight is 344 g/mol. The van der Waals surface area contributed by atoms with Crippen LogP contribution in [-0.4, -0.2) is 16.2 Å². The molecular weight excluding hydrogens is 328 g/mol. The lowest BCUT2D eigenvalue weighted by molar-refractivity contribution is -0.140. The van der Waals surface area contributed by atoms with Gasteiger partial charge in [-0.15, -0.1) is 0 Å². The van der Waals surface area contributed by atoms with E-state index in [1.807, 2.05) is 77.5 Å². The quantitative estimate of drug-likeness (QED) is 0.310. The number of rotatable bonds is 4. The minimum absolute atomic E-state index is 0.465. The van der Waals surface area contributed by atoms with E-state index in [1.54, 1.807) is 6.26 Å². The Kier molecular flexibility index (Phi) is 4.11. The standard InChI is InChI=1S/C21H16N2O3/c1-15(24)26-22-21(16-8-3-2-4-9-16)18-14-23(20-12-7-13-25-20)19-11-6-5-10-17(18)19/h2-14H,1H3/b22-21+. The molecule has 0 saturated carbocycles. The van der Waals surface area contributed by atoms with Gasteiger partial charge in [0.1, 0.15) is 5.71 Å². The first kappa shape index (κ1) is 15.9. The fourth-order valence-corrected chi connectivity index (χ4v) is 2.92. The van der Waals surface area contributed by atoms with Crippen LogP contribution in [0.15, 0.2) is 88.8 Å². The Hall–Kier alpha value is -3.60. The van der Waals surface area contributed by atoms with Gasteiger partial charge in [-0.3, -0.25) is 4.57 Å². The highest BCUT2D eigenvalue weighted by Gasteiger charge is 2.17. The number of hydrogen-bond acceptors (Lipinski definition) is 4. The third-order valence-corrected chi connectivity index (χ3v) is 4.02. The Morgan fingerprint density at radius 1 is 1.00 bits per heavy atom. The molecule has 26 heavy (non-hydrogen) atoms. The molecule has 0 fully saturated rings. The van der Waals surface area contributed by atoms with Crippen molar-refractivity contribution in [3.05, 3.63) is 90.3 Å². The summed E-state index contributed by atoms with van der Waals surface area (Å²) in [7, 11) is 0. The van der Waals surface area contributed by atoms with E-state index >= 15 is 0 Å². The molecular formula is C21H16N2O3. The lowest BCUT2D eigenvalue weighted by atomic mass is 10.0. The average Bonchev–Trinajstić information content (AvgIpc) is 3.31. The van der Waals surface area contributed by atoms with Crippen LogP contribution in [0, 0.1) is 0 Å². The summed E-state index contributed by atoms with van der Waals surface area (Å²) in [4.78, 5) is 16.3. The predicted octanol–water partition coefficient (Wildman–Crippen LogP) is 4.54. The van der Waals surface area contributed by atoms with Gasteiger partial charge in [0.05, 0.1) is 11.8 Å². The molecule has 0 bridgehead atoms. The largest absolute Gasteiger partial charge is 0.448 e. The second-order valence-corrected chi connectivity index (χ2v) is 5.77. The van der Waals surface area contributed by atoms with Gasteiger partial charge in [-0.05, 0) is 12.1 Å². The molecule has 0 N–H and O–H groups in total. The maximum absolute atomic E-state index is 11.3. The minimum Gasteiger partial charge on any atom is -0.448 e. The van der Waals surface area contributed by atoms with Gasteiger partial charge in [0.25, 0.3) is 0 Å². The van der Waals surface area contributed by atoms with E-state index in [9.17, 15) is 4.79 Å². The Labute approximate surface area is 150 Å². The summed E-state index contributed by atoms with van der Waals surface area (Å²) in [6, 6.07) is 21.3. The van der Waals surface area contributed by atoms with Crippen LogP contribution in [0.5, 0.6) is 0 Å². The molecule has 0 aliphatic rings. The van der Waals surface area contributed by atoms with Crippen molar-refractivity contribution in [1.29, 1.82) is 0 Å². The van der Waals surface area contributed by atoms with Crippen molar-refractivity contribution in [2.24, 2.45) is 5.16 Å². The fourth-order valence-electron chi connectivity index (χ4n) is 2.92. The summed E-state index contributed by atoms with van der Waals surface area (Å²) in [5, 5.41) is 5.12. The normalized spacial score (nSPS) is 11.7. The highest BCUT2D eigenvalue weighted by Crippen LogP contribution is 2.27. The zero-order valence-corrected chi connectivity index (χ0v) is 14.1. The number of aromatic nitrogens is 1. The van der Waals surface area contributed by atoms with Crippen LogP contribution in [0.2, 0.25) is 0 Å². The summed E-state index contributed by atoms with van der Waals surface area (Å²) in [6.07, 6.45) is 3.58. The second kappa shape index (κ2) is 6.72. The third kappa shape index (κ3) is 2.91. The first-order chi connectivity index (χ1) is 12.7. The van der Waals surface area contributed by atoms with Gasteiger partial charge in [-0.25, -0.2) is 4.79 Å². The highest BCUT2D eigenvalue weighted by atomic mass is 16.7. The number of para-hydroxylation sites is 1. The lowest BCUT2D eigenvalue weighted by Gasteiger charge is -2.05. The monoisotopic (exact) mass is 344 g/mol. The molecule has 0 amide bonds. The maximum Gasteiger partial charge on any atom is 0.332 e. The Bertz CT molecular complexity index is 1080. The van der Waals surface area contributed by atoms with Gasteiger partial charge in [0, 0.05) is 35.7 Å². The molecule has 0 aliphatic heterocycles. The molecule has 4 aromatic rings. The van der Waals surface area contributed by atoms with E-state index in [-0.39, 0.29) is 0 Å². The van der Waals surface area contributed by atoms with Crippen LogP contribution < -0.4 is 0 Å². The van der Waals surface area contributed by atoms with E-state index < -0.39 is 5.97 Å². The van der Waals surface area contributed by atoms with Gasteiger partial charge >= 0.3 is 5.97 Å². The van der Waals surface area contributed by atoms with Crippen molar-refractivity contribution < 1.29 is 14.0 Å². The third-order valence-electron chi connectivity index (χ3n) is 4.02. The zero-order valence-electron chi connectivity index (χ0n) is 14.1. The minimum atomic E-state index is -0.465. The first-order valence-corrected chi connectivity index (χ1v) is 8.19. The van der Waals surface area contributed by atoms with Crippen molar-refractivity contribution in [3.8, 4) is 5.88 Å². The molecule has 128 valence electrons. The van der Waals surface area contributed by atoms with E-state index in [0.29, 0.717) is 11.6 Å². The number of benzene rings is 2. The number of hydrogen-bond donors (Lipinski definition) is 0. The molecule has 0 aliphatic carbocycles. The van der Waals surface area contributed by atoms with Crippen LogP contribution in [0.3, 0.4) is 0 Å². The van der Waals surface area contributed by atoms with Crippen molar-refractivity contribution in [2.75, 3.05) is 0 Å². The molecule has 0 atom stereocenters. The number of oxime groups is 1. The SMILES string of the molecule is CC(=O)O/N=C(\c1ccccc1)c1cn(-c2ccco2)c2ccccc12. The van der Waals surface area contributed by atoms with Crippen molar-refractivity contribution >= 4 is 22.6 Å². The van der Waals surface area contributed by atoms with E-state index in [4.69, 9.17) is 9.25 Å². The molecule has 4 rings (SSSR count). The summed E-state index contributed by atoms with van der Waals surface area (Å²) < 4.78 is 7.52. The topological polar surface area (TPSA) is 56.7 Å². The fraction of sp³-hybridized carbons (Fsp3) is 0.0476. The molecule has 0 saturated heterocycles. The number of fused-ring (bicyclic) bond motifs is 1. The van der Waals surface area contributed by atoms with Gasteiger partial charge in [0.15, 0.2) is 0 Å². The Morgan fingerprint density at radius 3 is 2.50 bits per heavy atom. The molecule has 0 radical (unpaired) electrons. The molecule has 2 aromatic carbocycles. The first-order valence-electron chi connectivity index (χ1n) is 8.19. The van der Waals surface area contributed by atoms with Crippen molar-refractivity contribution in [1.82, 2.24) is 4.57 Å². The zero-order chi connectivity index (χ0) is 17.9. The van der Waals surface area contributed by atoms with E-state index in [2.05, 4.69) is 5.16 Å². The Balaban J connectivity index is 1.96. The molecule has 0 unspecified atom stereocenters. The summed E-state index contributed by atoms with van der Waals surface area (Å²) in [6.45, 7) is 1.33. The summed E-state index contributed by atoms with van der Waals surface area (Å²) in [5.41, 5.74) is 3.27. The summed E-state index contributed by atoms with van der Waals surface area (Å²) in [5.74, 6) is 0.237. The lowest BCUT2D eigenvalue weighted by Crippen LogP contribution is -2.05. The smallest absolute Gasteiger partial charge is 0.332 e. The number of carbonyl (C=O) groups excluding carboxylic acids is 1. The Morgan fingerprint density at radius 2 is 1.77 bits per heavy atom.